The van der Waals surface area contributed by atoms with Crippen molar-refractivity contribution in [3.63, 3.8) is 0 Å². The average Bonchev–Trinajstić information content (AvgIpc) is 2.95. The third kappa shape index (κ3) is 2.09. The van der Waals surface area contributed by atoms with Crippen molar-refractivity contribution in [2.24, 2.45) is 0 Å². The maximum atomic E-state index is 9.54. The van der Waals surface area contributed by atoms with Crippen molar-refractivity contribution in [3.05, 3.63) is 46.1 Å². The number of fused-ring (bicyclic) bond motifs is 1. The average molecular weight is 288 g/mol. The number of hydrogen-bond donors (Lipinski definition) is 1. The van der Waals surface area contributed by atoms with Crippen molar-refractivity contribution < 1.29 is 9.84 Å². The Hall–Kier alpha value is -1.85. The minimum absolute atomic E-state index is 0.100. The lowest BCUT2D eigenvalue weighted by Gasteiger charge is -2.11. The minimum atomic E-state index is -0.100. The van der Waals surface area contributed by atoms with Gasteiger partial charge in [-0.05, 0) is 43.5 Å². The highest BCUT2D eigenvalue weighted by Crippen LogP contribution is 2.31. The summed E-state index contributed by atoms with van der Waals surface area (Å²) >= 11 is 1.52. The smallest absolute Gasteiger partial charge is 0.244 e. The van der Waals surface area contributed by atoms with E-state index in [-0.39, 0.29) is 6.61 Å². The van der Waals surface area contributed by atoms with Crippen molar-refractivity contribution in [2.75, 3.05) is 0 Å². The number of ether oxygens (including phenoxy) is 1. The summed E-state index contributed by atoms with van der Waals surface area (Å²) < 4.78 is 7.81. The maximum absolute atomic E-state index is 9.54. The van der Waals surface area contributed by atoms with Crippen LogP contribution in [0.2, 0.25) is 0 Å². The first-order valence-electron chi connectivity index (χ1n) is 6.41. The number of aliphatic hydroxyl groups excluding tert-OH is 1. The van der Waals surface area contributed by atoms with E-state index in [1.807, 2.05) is 35.9 Å². The number of aryl methyl sites for hydroxylation is 2. The van der Waals surface area contributed by atoms with Gasteiger partial charge in [-0.1, -0.05) is 6.07 Å². The van der Waals surface area contributed by atoms with Crippen LogP contribution in [0.3, 0.4) is 0 Å². The molecule has 0 aliphatic carbocycles. The second kappa shape index (κ2) is 4.92. The molecule has 3 aromatic rings. The van der Waals surface area contributed by atoms with E-state index in [2.05, 4.69) is 18.0 Å². The number of hydrogen-bond acceptors (Lipinski definition) is 4. The number of rotatable bonds is 3. The van der Waals surface area contributed by atoms with E-state index in [0.717, 1.165) is 21.8 Å². The molecule has 1 aromatic carbocycles. The van der Waals surface area contributed by atoms with E-state index in [4.69, 9.17) is 4.74 Å². The molecule has 0 aliphatic rings. The predicted octanol–water partition coefficient (Wildman–Crippen LogP) is 3.61. The van der Waals surface area contributed by atoms with Gasteiger partial charge < -0.3 is 9.84 Å². The lowest BCUT2D eigenvalue weighted by atomic mass is 10.1. The van der Waals surface area contributed by atoms with Crippen LogP contribution >= 0.6 is 11.3 Å². The summed E-state index contributed by atoms with van der Waals surface area (Å²) in [6.07, 6.45) is 1.89. The molecule has 0 amide bonds. The Bertz CT molecular complexity index is 774. The van der Waals surface area contributed by atoms with E-state index in [1.165, 1.54) is 16.9 Å². The van der Waals surface area contributed by atoms with Crippen LogP contribution in [0.15, 0.2) is 23.7 Å². The molecule has 5 heteroatoms. The zero-order chi connectivity index (χ0) is 14.3. The van der Waals surface area contributed by atoms with Crippen molar-refractivity contribution in [2.45, 2.75) is 27.4 Å². The number of aromatic nitrogens is 2. The predicted molar refractivity (Wildman–Crippen MR) is 79.7 cm³/mol. The molecule has 20 heavy (non-hydrogen) atoms. The molecule has 0 saturated carbocycles. The maximum Gasteiger partial charge on any atom is 0.244 e. The summed E-state index contributed by atoms with van der Waals surface area (Å²) in [7, 11) is 0. The largest absolute Gasteiger partial charge is 0.437 e. The Morgan fingerprint density at radius 2 is 2.10 bits per heavy atom. The zero-order valence-electron chi connectivity index (χ0n) is 11.7. The summed E-state index contributed by atoms with van der Waals surface area (Å²) in [6.45, 7) is 6.03. The van der Waals surface area contributed by atoms with Crippen molar-refractivity contribution in [1.29, 1.82) is 0 Å². The summed E-state index contributed by atoms with van der Waals surface area (Å²) in [5.41, 5.74) is 4.11. The molecular weight excluding hydrogens is 272 g/mol. The summed E-state index contributed by atoms with van der Waals surface area (Å²) in [6, 6.07) is 4.12. The van der Waals surface area contributed by atoms with Gasteiger partial charge in [0.2, 0.25) is 5.88 Å². The Morgan fingerprint density at radius 1 is 1.30 bits per heavy atom. The van der Waals surface area contributed by atoms with Gasteiger partial charge in [-0.3, -0.25) is 4.40 Å². The SMILES string of the molecule is Cc1cc(C)c(C)c(Oc2nc3sccn3c2CO)c1. The van der Waals surface area contributed by atoms with Gasteiger partial charge in [0.15, 0.2) is 4.96 Å². The molecule has 3 rings (SSSR count). The Labute approximate surface area is 121 Å². The van der Waals surface area contributed by atoms with Gasteiger partial charge >= 0.3 is 0 Å². The number of benzene rings is 1. The van der Waals surface area contributed by atoms with Gasteiger partial charge in [0.1, 0.15) is 11.4 Å². The molecule has 1 N–H and O–H groups in total. The van der Waals surface area contributed by atoms with Crippen molar-refractivity contribution >= 4 is 16.3 Å². The van der Waals surface area contributed by atoms with Gasteiger partial charge in [-0.25, -0.2) is 0 Å². The molecule has 0 fully saturated rings. The molecule has 0 unspecified atom stereocenters. The lowest BCUT2D eigenvalue weighted by Crippen LogP contribution is -1.96. The number of thiazole rings is 1. The van der Waals surface area contributed by atoms with Crippen LogP contribution in [0.25, 0.3) is 4.96 Å². The monoisotopic (exact) mass is 288 g/mol. The lowest BCUT2D eigenvalue weighted by molar-refractivity contribution is 0.269. The molecule has 4 nitrogen and oxygen atoms in total. The van der Waals surface area contributed by atoms with Crippen LogP contribution in [0, 0.1) is 20.8 Å². The van der Waals surface area contributed by atoms with E-state index >= 15 is 0 Å². The normalized spacial score (nSPS) is 11.2. The quantitative estimate of drug-likeness (QED) is 0.801. The summed E-state index contributed by atoms with van der Waals surface area (Å²) in [5.74, 6) is 1.27. The Morgan fingerprint density at radius 3 is 2.85 bits per heavy atom. The summed E-state index contributed by atoms with van der Waals surface area (Å²) in [5, 5.41) is 11.5. The van der Waals surface area contributed by atoms with Crippen LogP contribution in [0.1, 0.15) is 22.4 Å². The van der Waals surface area contributed by atoms with Crippen LogP contribution in [-0.2, 0) is 6.61 Å². The number of aliphatic hydroxyl groups is 1. The van der Waals surface area contributed by atoms with Crippen LogP contribution in [0.4, 0.5) is 0 Å². The molecule has 0 saturated heterocycles. The molecule has 2 heterocycles. The second-order valence-corrected chi connectivity index (χ2v) is 5.76. The van der Waals surface area contributed by atoms with E-state index in [9.17, 15) is 5.11 Å². The standard InChI is InChI=1S/C15H16N2O2S/c1-9-6-10(2)11(3)13(7-9)19-14-12(8-18)17-4-5-20-15(17)16-14/h4-7,18H,8H2,1-3H3. The van der Waals surface area contributed by atoms with Crippen LogP contribution in [-0.4, -0.2) is 14.5 Å². The Kier molecular flexibility index (Phi) is 3.23. The van der Waals surface area contributed by atoms with Gasteiger partial charge in [-0.2, -0.15) is 4.98 Å². The topological polar surface area (TPSA) is 46.8 Å². The number of nitrogens with zero attached hydrogens (tertiary/aromatic N) is 2. The van der Waals surface area contributed by atoms with Gasteiger partial charge in [0.05, 0.1) is 6.61 Å². The fourth-order valence-corrected chi connectivity index (χ4v) is 2.97. The third-order valence-electron chi connectivity index (χ3n) is 3.44. The van der Waals surface area contributed by atoms with E-state index in [1.54, 1.807) is 0 Å². The first-order chi connectivity index (χ1) is 9.60. The first kappa shape index (κ1) is 13.1. The fourth-order valence-electron chi connectivity index (χ4n) is 2.25. The molecule has 2 aromatic heterocycles. The molecule has 0 bridgehead atoms. The highest BCUT2D eigenvalue weighted by molar-refractivity contribution is 7.15. The van der Waals surface area contributed by atoms with E-state index < -0.39 is 0 Å². The second-order valence-electron chi connectivity index (χ2n) is 4.88. The van der Waals surface area contributed by atoms with Crippen molar-refractivity contribution in [3.8, 4) is 11.6 Å². The molecule has 0 spiro atoms. The molecule has 0 radical (unpaired) electrons. The highest BCUT2D eigenvalue weighted by atomic mass is 32.1. The minimum Gasteiger partial charge on any atom is -0.437 e. The fraction of sp³-hybridized carbons (Fsp3) is 0.267. The highest BCUT2D eigenvalue weighted by Gasteiger charge is 2.15. The van der Waals surface area contributed by atoms with Gasteiger partial charge in [-0.15, -0.1) is 11.3 Å². The van der Waals surface area contributed by atoms with Crippen LogP contribution < -0.4 is 4.74 Å². The molecular formula is C15H16N2O2S. The van der Waals surface area contributed by atoms with Crippen LogP contribution in [0.5, 0.6) is 11.6 Å². The number of imidazole rings is 1. The molecule has 104 valence electrons. The zero-order valence-corrected chi connectivity index (χ0v) is 12.5. The van der Waals surface area contributed by atoms with Crippen molar-refractivity contribution in [1.82, 2.24) is 9.38 Å². The molecule has 0 atom stereocenters. The Balaban J connectivity index is 2.07. The molecule has 0 aliphatic heterocycles. The summed E-state index contributed by atoms with van der Waals surface area (Å²) in [4.78, 5) is 5.26. The van der Waals surface area contributed by atoms with Gasteiger partial charge in [0, 0.05) is 11.6 Å². The van der Waals surface area contributed by atoms with E-state index in [0.29, 0.717) is 11.6 Å². The third-order valence-corrected chi connectivity index (χ3v) is 4.20. The van der Waals surface area contributed by atoms with Gasteiger partial charge in [0.25, 0.3) is 0 Å². The first-order valence-corrected chi connectivity index (χ1v) is 7.29.